The normalized spacial score (nSPS) is 17.6. The molecule has 1 fully saturated rings. The maximum Gasteiger partial charge on any atom is 0.119 e. The van der Waals surface area contributed by atoms with Crippen LogP contribution in [0.3, 0.4) is 0 Å². The second-order valence-electron chi connectivity index (χ2n) is 4.99. The average molecular weight is 264 g/mol. The number of hydrogen-bond donors (Lipinski definition) is 2. The molecule has 1 heterocycles. The predicted octanol–water partition coefficient (Wildman–Crippen LogP) is 1.41. The van der Waals surface area contributed by atoms with Crippen molar-refractivity contribution >= 4 is 0 Å². The van der Waals surface area contributed by atoms with E-state index < -0.39 is 0 Å². The van der Waals surface area contributed by atoms with Gasteiger partial charge in [-0.2, -0.15) is 0 Å². The molecule has 1 aromatic carbocycles. The molecule has 0 aromatic heterocycles. The fourth-order valence-corrected chi connectivity index (χ4v) is 2.55. The molecule has 4 heteroatoms. The molecular weight excluding hydrogens is 240 g/mol. The topological polar surface area (TPSA) is 44.7 Å². The second kappa shape index (κ2) is 7.48. The summed E-state index contributed by atoms with van der Waals surface area (Å²) in [5, 5.41) is 12.1. The van der Waals surface area contributed by atoms with Gasteiger partial charge in [-0.25, -0.2) is 0 Å². The Hall–Kier alpha value is -1.10. The number of likely N-dealkylation sites (tertiary alicyclic amines) is 1. The van der Waals surface area contributed by atoms with Gasteiger partial charge in [-0.1, -0.05) is 12.1 Å². The van der Waals surface area contributed by atoms with Crippen LogP contribution >= 0.6 is 0 Å². The summed E-state index contributed by atoms with van der Waals surface area (Å²) in [5.74, 6) is 0.814. The van der Waals surface area contributed by atoms with Crippen molar-refractivity contribution in [3.05, 3.63) is 29.8 Å². The summed E-state index contributed by atoms with van der Waals surface area (Å²) in [6, 6.07) is 8.51. The highest BCUT2D eigenvalue weighted by atomic mass is 16.5. The summed E-state index contributed by atoms with van der Waals surface area (Å²) in [6.07, 6.45) is 2.65. The van der Waals surface area contributed by atoms with Crippen molar-refractivity contribution in [2.24, 2.45) is 0 Å². The lowest BCUT2D eigenvalue weighted by atomic mass is 10.1. The first-order valence-corrected chi connectivity index (χ1v) is 7.06. The summed E-state index contributed by atoms with van der Waals surface area (Å²) in [6.45, 7) is 3.90. The van der Waals surface area contributed by atoms with Crippen LogP contribution in [0, 0.1) is 0 Å². The molecule has 1 aliphatic rings. The zero-order chi connectivity index (χ0) is 13.5. The van der Waals surface area contributed by atoms with E-state index in [4.69, 9.17) is 9.84 Å². The van der Waals surface area contributed by atoms with Gasteiger partial charge < -0.3 is 20.1 Å². The summed E-state index contributed by atoms with van der Waals surface area (Å²) in [4.78, 5) is 2.51. The van der Waals surface area contributed by atoms with E-state index in [1.165, 1.54) is 31.5 Å². The van der Waals surface area contributed by atoms with Crippen LogP contribution in [0.25, 0.3) is 0 Å². The van der Waals surface area contributed by atoms with Crippen LogP contribution in [0.5, 0.6) is 5.75 Å². The quantitative estimate of drug-likeness (QED) is 0.781. The third-order valence-corrected chi connectivity index (χ3v) is 3.63. The van der Waals surface area contributed by atoms with Gasteiger partial charge in [0.05, 0.1) is 6.61 Å². The minimum atomic E-state index is 0.0514. The highest BCUT2D eigenvalue weighted by molar-refractivity contribution is 5.29. The van der Waals surface area contributed by atoms with Crippen molar-refractivity contribution in [2.45, 2.75) is 18.9 Å². The number of nitrogens with one attached hydrogen (secondary N) is 1. The van der Waals surface area contributed by atoms with Crippen LogP contribution in [0.1, 0.15) is 24.4 Å². The summed E-state index contributed by atoms with van der Waals surface area (Å²) < 4.78 is 5.38. The summed E-state index contributed by atoms with van der Waals surface area (Å²) in [7, 11) is 2.01. The maximum atomic E-state index is 8.73. The third-order valence-electron chi connectivity index (χ3n) is 3.63. The minimum absolute atomic E-state index is 0.0514. The molecule has 1 saturated heterocycles. The fourth-order valence-electron chi connectivity index (χ4n) is 2.55. The SMILES string of the molecule is CN[C@H](CN1CCCC1)c1ccc(OCCO)cc1. The molecule has 0 bridgehead atoms. The highest BCUT2D eigenvalue weighted by Crippen LogP contribution is 2.20. The first kappa shape index (κ1) is 14.3. The van der Waals surface area contributed by atoms with Crippen LogP contribution in [-0.2, 0) is 0 Å². The molecule has 0 unspecified atom stereocenters. The molecule has 106 valence electrons. The number of ether oxygens (including phenoxy) is 1. The molecule has 1 atom stereocenters. The number of aliphatic hydroxyl groups excluding tert-OH is 1. The first-order valence-electron chi connectivity index (χ1n) is 7.06. The molecule has 0 amide bonds. The number of hydrogen-bond acceptors (Lipinski definition) is 4. The van der Waals surface area contributed by atoms with Gasteiger partial charge in [-0.3, -0.25) is 0 Å². The summed E-state index contributed by atoms with van der Waals surface area (Å²) in [5.41, 5.74) is 1.28. The van der Waals surface area contributed by atoms with Gasteiger partial charge in [-0.05, 0) is 50.7 Å². The van der Waals surface area contributed by atoms with Crippen molar-refractivity contribution in [3.8, 4) is 5.75 Å². The maximum absolute atomic E-state index is 8.73. The van der Waals surface area contributed by atoms with Crippen LogP contribution in [0.4, 0.5) is 0 Å². The molecule has 4 nitrogen and oxygen atoms in total. The van der Waals surface area contributed by atoms with E-state index in [1.807, 2.05) is 19.2 Å². The predicted molar refractivity (Wildman–Crippen MR) is 76.5 cm³/mol. The first-order chi connectivity index (χ1) is 9.33. The molecule has 1 aromatic rings. The Morgan fingerprint density at radius 1 is 1.26 bits per heavy atom. The van der Waals surface area contributed by atoms with E-state index in [-0.39, 0.29) is 6.61 Å². The van der Waals surface area contributed by atoms with E-state index in [9.17, 15) is 0 Å². The Morgan fingerprint density at radius 3 is 2.53 bits per heavy atom. The molecule has 0 saturated carbocycles. The molecule has 0 spiro atoms. The Bertz CT molecular complexity index is 361. The van der Waals surface area contributed by atoms with E-state index in [0.29, 0.717) is 12.6 Å². The minimum Gasteiger partial charge on any atom is -0.491 e. The van der Waals surface area contributed by atoms with Gasteiger partial charge >= 0.3 is 0 Å². The van der Waals surface area contributed by atoms with E-state index in [1.54, 1.807) is 0 Å². The standard InChI is InChI=1S/C15H24N2O2/c1-16-15(12-17-8-2-3-9-17)13-4-6-14(7-5-13)19-11-10-18/h4-7,15-16,18H,2-3,8-12H2,1H3/t15-/m1/s1. The van der Waals surface area contributed by atoms with Crippen molar-refractivity contribution in [1.29, 1.82) is 0 Å². The molecule has 2 N–H and O–H groups in total. The van der Waals surface area contributed by atoms with Gasteiger partial charge in [0.1, 0.15) is 12.4 Å². The molecule has 0 radical (unpaired) electrons. The van der Waals surface area contributed by atoms with E-state index in [0.717, 1.165) is 12.3 Å². The van der Waals surface area contributed by atoms with Gasteiger partial charge in [0, 0.05) is 12.6 Å². The van der Waals surface area contributed by atoms with Crippen LogP contribution in [0.15, 0.2) is 24.3 Å². The van der Waals surface area contributed by atoms with E-state index in [2.05, 4.69) is 22.3 Å². The Labute approximate surface area is 115 Å². The van der Waals surface area contributed by atoms with Gasteiger partial charge in [0.15, 0.2) is 0 Å². The Kier molecular flexibility index (Phi) is 5.63. The van der Waals surface area contributed by atoms with Crippen LogP contribution in [0.2, 0.25) is 0 Å². The highest BCUT2D eigenvalue weighted by Gasteiger charge is 2.17. The van der Waals surface area contributed by atoms with Gasteiger partial charge in [0.25, 0.3) is 0 Å². The molecule has 19 heavy (non-hydrogen) atoms. The molecule has 0 aliphatic carbocycles. The Balaban J connectivity index is 1.93. The monoisotopic (exact) mass is 264 g/mol. The third kappa shape index (κ3) is 4.20. The van der Waals surface area contributed by atoms with Crippen LogP contribution in [-0.4, -0.2) is 49.9 Å². The number of benzene rings is 1. The van der Waals surface area contributed by atoms with Crippen molar-refractivity contribution in [2.75, 3.05) is 39.9 Å². The van der Waals surface area contributed by atoms with Crippen LogP contribution < -0.4 is 10.1 Å². The van der Waals surface area contributed by atoms with E-state index >= 15 is 0 Å². The largest absolute Gasteiger partial charge is 0.491 e. The fraction of sp³-hybridized carbons (Fsp3) is 0.600. The van der Waals surface area contributed by atoms with Gasteiger partial charge in [0.2, 0.25) is 0 Å². The number of likely N-dealkylation sites (N-methyl/N-ethyl adjacent to an activating group) is 1. The van der Waals surface area contributed by atoms with Gasteiger partial charge in [-0.15, -0.1) is 0 Å². The van der Waals surface area contributed by atoms with Crippen molar-refractivity contribution in [1.82, 2.24) is 10.2 Å². The summed E-state index contributed by atoms with van der Waals surface area (Å²) >= 11 is 0. The lowest BCUT2D eigenvalue weighted by Crippen LogP contribution is -2.31. The molecule has 1 aliphatic heterocycles. The number of aliphatic hydroxyl groups is 1. The zero-order valence-electron chi connectivity index (χ0n) is 11.6. The molecular formula is C15H24N2O2. The Morgan fingerprint density at radius 2 is 1.95 bits per heavy atom. The lowest BCUT2D eigenvalue weighted by Gasteiger charge is -2.23. The number of rotatable bonds is 7. The number of nitrogens with zero attached hydrogens (tertiary/aromatic N) is 1. The molecule has 2 rings (SSSR count). The average Bonchev–Trinajstić information content (AvgIpc) is 2.96. The zero-order valence-corrected chi connectivity index (χ0v) is 11.6. The van der Waals surface area contributed by atoms with Crippen molar-refractivity contribution < 1.29 is 9.84 Å². The second-order valence-corrected chi connectivity index (χ2v) is 4.99. The smallest absolute Gasteiger partial charge is 0.119 e. The lowest BCUT2D eigenvalue weighted by molar-refractivity contribution is 0.201. The van der Waals surface area contributed by atoms with Crippen molar-refractivity contribution in [3.63, 3.8) is 0 Å².